The lowest BCUT2D eigenvalue weighted by atomic mass is 10.2. The van der Waals surface area contributed by atoms with Gasteiger partial charge >= 0.3 is 0 Å². The van der Waals surface area contributed by atoms with Crippen molar-refractivity contribution >= 4 is 43.5 Å². The molecule has 0 aliphatic heterocycles. The number of aryl methyl sites for hydroxylation is 1. The molecule has 3 aromatic rings. The highest BCUT2D eigenvalue weighted by Gasteiger charge is 2.10. The Morgan fingerprint density at radius 2 is 1.87 bits per heavy atom. The van der Waals surface area contributed by atoms with Crippen LogP contribution in [0.15, 0.2) is 63.8 Å². The smallest absolute Gasteiger partial charge is 0.258 e. The van der Waals surface area contributed by atoms with E-state index in [2.05, 4.69) is 42.3 Å². The van der Waals surface area contributed by atoms with E-state index < -0.39 is 0 Å². The second kappa shape index (κ2) is 6.68. The van der Waals surface area contributed by atoms with Crippen LogP contribution in [0.1, 0.15) is 15.9 Å². The highest BCUT2D eigenvalue weighted by molar-refractivity contribution is 9.10. The maximum absolute atomic E-state index is 12.3. The molecule has 0 saturated carbocycles. The zero-order chi connectivity index (χ0) is 16.4. The van der Waals surface area contributed by atoms with E-state index in [1.54, 1.807) is 17.1 Å². The second-order valence-corrected chi connectivity index (χ2v) is 6.84. The number of anilines is 1. The third-order valence-corrected chi connectivity index (χ3v) is 4.77. The van der Waals surface area contributed by atoms with Crippen molar-refractivity contribution in [2.75, 3.05) is 5.32 Å². The predicted octanol–water partition coefficient (Wildman–Crippen LogP) is 4.96. The van der Waals surface area contributed by atoms with Gasteiger partial charge in [0.05, 0.1) is 17.4 Å². The van der Waals surface area contributed by atoms with E-state index in [0.717, 1.165) is 25.9 Å². The second-order valence-electron chi connectivity index (χ2n) is 5.07. The number of amides is 1. The van der Waals surface area contributed by atoms with Crippen LogP contribution >= 0.6 is 31.9 Å². The minimum atomic E-state index is -0.185. The summed E-state index contributed by atoms with van der Waals surface area (Å²) < 4.78 is 3.68. The molecule has 0 unspecified atom stereocenters. The molecule has 3 rings (SSSR count). The zero-order valence-corrected chi connectivity index (χ0v) is 15.4. The van der Waals surface area contributed by atoms with Gasteiger partial charge in [-0.2, -0.15) is 5.10 Å². The fourth-order valence-electron chi connectivity index (χ4n) is 2.10. The minimum Gasteiger partial charge on any atom is -0.322 e. The van der Waals surface area contributed by atoms with E-state index in [9.17, 15) is 4.79 Å². The number of aromatic nitrogens is 2. The molecule has 0 fully saturated rings. The molecule has 1 amide bonds. The average molecular weight is 435 g/mol. The van der Waals surface area contributed by atoms with Crippen LogP contribution in [0.2, 0.25) is 0 Å². The molecule has 116 valence electrons. The van der Waals surface area contributed by atoms with Crippen molar-refractivity contribution in [2.24, 2.45) is 0 Å². The van der Waals surface area contributed by atoms with Crippen molar-refractivity contribution in [1.82, 2.24) is 9.78 Å². The topological polar surface area (TPSA) is 46.9 Å². The number of hydrogen-bond acceptors (Lipinski definition) is 2. The number of hydrogen-bond donors (Lipinski definition) is 1. The molecular weight excluding hydrogens is 422 g/mol. The molecule has 0 saturated heterocycles. The predicted molar refractivity (Wildman–Crippen MR) is 98.1 cm³/mol. The van der Waals surface area contributed by atoms with E-state index in [0.29, 0.717) is 5.56 Å². The van der Waals surface area contributed by atoms with E-state index in [-0.39, 0.29) is 5.91 Å². The summed E-state index contributed by atoms with van der Waals surface area (Å²) in [5.74, 6) is -0.185. The van der Waals surface area contributed by atoms with Crippen LogP contribution in [-0.4, -0.2) is 15.7 Å². The first-order chi connectivity index (χ1) is 11.0. The van der Waals surface area contributed by atoms with Crippen LogP contribution < -0.4 is 5.32 Å². The molecule has 4 nitrogen and oxygen atoms in total. The van der Waals surface area contributed by atoms with Crippen LogP contribution in [0.3, 0.4) is 0 Å². The van der Waals surface area contributed by atoms with Crippen LogP contribution in [0.5, 0.6) is 0 Å². The third kappa shape index (κ3) is 3.71. The number of carbonyl (C=O) groups is 1. The highest BCUT2D eigenvalue weighted by Crippen LogP contribution is 2.20. The molecule has 23 heavy (non-hydrogen) atoms. The monoisotopic (exact) mass is 433 g/mol. The summed E-state index contributed by atoms with van der Waals surface area (Å²) in [6, 6.07) is 13.4. The van der Waals surface area contributed by atoms with Crippen molar-refractivity contribution in [3.63, 3.8) is 0 Å². The van der Waals surface area contributed by atoms with E-state index in [1.165, 1.54) is 0 Å². The van der Waals surface area contributed by atoms with Gasteiger partial charge in [-0.1, -0.05) is 31.9 Å². The molecule has 0 atom stereocenters. The van der Waals surface area contributed by atoms with Gasteiger partial charge in [0, 0.05) is 20.8 Å². The molecular formula is C17H13Br2N3O. The maximum Gasteiger partial charge on any atom is 0.258 e. The first kappa shape index (κ1) is 16.0. The van der Waals surface area contributed by atoms with Gasteiger partial charge in [-0.3, -0.25) is 4.79 Å². The van der Waals surface area contributed by atoms with Gasteiger partial charge in [-0.15, -0.1) is 0 Å². The summed E-state index contributed by atoms with van der Waals surface area (Å²) in [6.45, 7) is 1.98. The van der Waals surface area contributed by atoms with Gasteiger partial charge < -0.3 is 5.32 Å². The van der Waals surface area contributed by atoms with Gasteiger partial charge in [0.1, 0.15) is 0 Å². The molecule has 1 heterocycles. The lowest BCUT2D eigenvalue weighted by molar-refractivity contribution is 0.102. The zero-order valence-electron chi connectivity index (χ0n) is 12.3. The summed E-state index contributed by atoms with van der Waals surface area (Å²) in [4.78, 5) is 12.3. The molecule has 0 aliphatic carbocycles. The number of carbonyl (C=O) groups excluding carboxylic acids is 1. The van der Waals surface area contributed by atoms with Gasteiger partial charge in [0.25, 0.3) is 5.91 Å². The quantitative estimate of drug-likeness (QED) is 0.633. The number of benzene rings is 2. The summed E-state index contributed by atoms with van der Waals surface area (Å²) in [6.07, 6.45) is 3.27. The van der Waals surface area contributed by atoms with E-state index in [4.69, 9.17) is 0 Å². The fraction of sp³-hybridized carbons (Fsp3) is 0.0588. The summed E-state index contributed by atoms with van der Waals surface area (Å²) in [5, 5.41) is 7.12. The maximum atomic E-state index is 12.3. The molecule has 1 N–H and O–H groups in total. The van der Waals surface area contributed by atoms with Crippen molar-refractivity contribution in [2.45, 2.75) is 6.92 Å². The number of halogens is 2. The number of nitrogens with zero attached hydrogens (tertiary/aromatic N) is 2. The molecule has 2 aromatic carbocycles. The normalized spacial score (nSPS) is 10.6. The first-order valence-electron chi connectivity index (χ1n) is 6.91. The van der Waals surface area contributed by atoms with E-state index >= 15 is 0 Å². The molecule has 0 bridgehead atoms. The summed E-state index contributed by atoms with van der Waals surface area (Å²) in [5.41, 5.74) is 3.22. The molecule has 1 aromatic heterocycles. The van der Waals surface area contributed by atoms with Gasteiger partial charge in [-0.05, 0) is 55.0 Å². The molecule has 0 spiro atoms. The van der Waals surface area contributed by atoms with Crippen LogP contribution in [0.4, 0.5) is 5.69 Å². The van der Waals surface area contributed by atoms with Crippen molar-refractivity contribution < 1.29 is 4.79 Å². The van der Waals surface area contributed by atoms with E-state index in [1.807, 2.05) is 49.4 Å². The third-order valence-electron chi connectivity index (χ3n) is 3.35. The van der Waals surface area contributed by atoms with Crippen molar-refractivity contribution in [3.05, 3.63) is 74.9 Å². The first-order valence-corrected chi connectivity index (χ1v) is 8.49. The Morgan fingerprint density at radius 1 is 1.13 bits per heavy atom. The van der Waals surface area contributed by atoms with Gasteiger partial charge in [-0.25, -0.2) is 4.68 Å². The Bertz CT molecular complexity index is 857. The van der Waals surface area contributed by atoms with Crippen LogP contribution in [-0.2, 0) is 0 Å². The Hall–Kier alpha value is -1.92. The Labute approximate surface area is 150 Å². The number of nitrogens with one attached hydrogen (secondary N) is 1. The average Bonchev–Trinajstić information content (AvgIpc) is 3.02. The van der Waals surface area contributed by atoms with Gasteiger partial charge in [0.15, 0.2) is 0 Å². The number of rotatable bonds is 3. The van der Waals surface area contributed by atoms with Crippen molar-refractivity contribution in [3.8, 4) is 5.69 Å². The van der Waals surface area contributed by atoms with Crippen LogP contribution in [0, 0.1) is 6.92 Å². The SMILES string of the molecule is Cc1cc(NC(=O)c2cnn(-c3ccc(Br)cc3)c2)ccc1Br. The lowest BCUT2D eigenvalue weighted by Crippen LogP contribution is -2.11. The Morgan fingerprint density at radius 3 is 2.57 bits per heavy atom. The molecule has 0 radical (unpaired) electrons. The summed E-state index contributed by atoms with van der Waals surface area (Å²) in [7, 11) is 0. The Kier molecular flexibility index (Phi) is 4.63. The molecule has 0 aliphatic rings. The highest BCUT2D eigenvalue weighted by atomic mass is 79.9. The van der Waals surface area contributed by atoms with Crippen molar-refractivity contribution in [1.29, 1.82) is 0 Å². The summed E-state index contributed by atoms with van der Waals surface area (Å²) >= 11 is 6.84. The Balaban J connectivity index is 1.78. The minimum absolute atomic E-state index is 0.185. The van der Waals surface area contributed by atoms with Gasteiger partial charge in [0.2, 0.25) is 0 Å². The standard InChI is InChI=1S/C17H13Br2N3O/c1-11-8-14(4-7-16(11)19)21-17(23)12-9-20-22(10-12)15-5-2-13(18)3-6-15/h2-10H,1H3,(H,21,23). The van der Waals surface area contributed by atoms with Crippen LogP contribution in [0.25, 0.3) is 5.69 Å². The lowest BCUT2D eigenvalue weighted by Gasteiger charge is -2.05. The molecule has 6 heteroatoms. The fourth-order valence-corrected chi connectivity index (χ4v) is 2.61. The largest absolute Gasteiger partial charge is 0.322 e.